The van der Waals surface area contributed by atoms with Crippen molar-refractivity contribution < 1.29 is 13.9 Å². The van der Waals surface area contributed by atoms with Crippen molar-refractivity contribution in [2.75, 3.05) is 7.11 Å². The molecule has 6 heteroatoms. The lowest BCUT2D eigenvalue weighted by Gasteiger charge is -2.06. The quantitative estimate of drug-likeness (QED) is 0.811. The lowest BCUT2D eigenvalue weighted by molar-refractivity contribution is 0.0587. The van der Waals surface area contributed by atoms with Crippen LogP contribution in [-0.4, -0.2) is 23.0 Å². The number of rotatable bonds is 3. The van der Waals surface area contributed by atoms with Crippen molar-refractivity contribution in [3.05, 3.63) is 58.4 Å². The SMILES string of the molecule is COC(=O)c1ncnc(Cc2ccccc2Cl)c1F. The molecule has 0 saturated heterocycles. The third-order valence-electron chi connectivity index (χ3n) is 2.56. The summed E-state index contributed by atoms with van der Waals surface area (Å²) in [6, 6.07) is 7.04. The van der Waals surface area contributed by atoms with Gasteiger partial charge >= 0.3 is 5.97 Å². The van der Waals surface area contributed by atoms with E-state index in [-0.39, 0.29) is 17.8 Å². The molecule has 98 valence electrons. The molecule has 0 bridgehead atoms. The van der Waals surface area contributed by atoms with Gasteiger partial charge in [0, 0.05) is 11.4 Å². The Morgan fingerprint density at radius 2 is 2.11 bits per heavy atom. The molecule has 0 spiro atoms. The topological polar surface area (TPSA) is 52.1 Å². The molecule has 2 aromatic rings. The van der Waals surface area contributed by atoms with E-state index in [1.54, 1.807) is 24.3 Å². The Bertz CT molecular complexity index is 619. The molecule has 0 N–H and O–H groups in total. The summed E-state index contributed by atoms with van der Waals surface area (Å²) in [5, 5.41) is 0.514. The van der Waals surface area contributed by atoms with E-state index in [0.29, 0.717) is 5.02 Å². The fourth-order valence-corrected chi connectivity index (χ4v) is 1.79. The predicted molar refractivity (Wildman–Crippen MR) is 67.6 cm³/mol. The average molecular weight is 281 g/mol. The number of nitrogens with zero attached hydrogens (tertiary/aromatic N) is 2. The van der Waals surface area contributed by atoms with E-state index in [9.17, 15) is 9.18 Å². The van der Waals surface area contributed by atoms with Gasteiger partial charge in [-0.15, -0.1) is 0 Å². The standard InChI is InChI=1S/C13H10ClFN2O2/c1-19-13(18)12-11(15)10(16-7-17-12)6-8-4-2-3-5-9(8)14/h2-5,7H,6H2,1H3. The Hall–Kier alpha value is -2.01. The second-order valence-electron chi connectivity index (χ2n) is 3.74. The highest BCUT2D eigenvalue weighted by atomic mass is 35.5. The minimum atomic E-state index is -0.833. The summed E-state index contributed by atoms with van der Waals surface area (Å²) in [7, 11) is 1.16. The van der Waals surface area contributed by atoms with Gasteiger partial charge in [0.25, 0.3) is 0 Å². The van der Waals surface area contributed by atoms with Crippen LogP contribution < -0.4 is 0 Å². The first-order chi connectivity index (χ1) is 9.13. The molecule has 2 rings (SSSR count). The fraction of sp³-hybridized carbons (Fsp3) is 0.154. The third kappa shape index (κ3) is 2.88. The van der Waals surface area contributed by atoms with Gasteiger partial charge in [-0.2, -0.15) is 0 Å². The molecule has 1 heterocycles. The number of hydrogen-bond acceptors (Lipinski definition) is 4. The summed E-state index contributed by atoms with van der Waals surface area (Å²) in [4.78, 5) is 18.7. The zero-order valence-electron chi connectivity index (χ0n) is 10.1. The van der Waals surface area contributed by atoms with E-state index < -0.39 is 11.8 Å². The molecule has 19 heavy (non-hydrogen) atoms. The molecule has 0 aliphatic heterocycles. The van der Waals surface area contributed by atoms with E-state index in [2.05, 4.69) is 14.7 Å². The molecule has 1 aromatic carbocycles. The van der Waals surface area contributed by atoms with Crippen LogP contribution in [0.5, 0.6) is 0 Å². The van der Waals surface area contributed by atoms with Crippen molar-refractivity contribution >= 4 is 17.6 Å². The Kier molecular flexibility index (Phi) is 4.06. The third-order valence-corrected chi connectivity index (χ3v) is 2.92. The van der Waals surface area contributed by atoms with E-state index in [1.807, 2.05) is 0 Å². The van der Waals surface area contributed by atoms with Crippen LogP contribution in [0.3, 0.4) is 0 Å². The summed E-state index contributed by atoms with van der Waals surface area (Å²) >= 11 is 6.00. The second-order valence-corrected chi connectivity index (χ2v) is 4.15. The van der Waals surface area contributed by atoms with Crippen molar-refractivity contribution in [3.8, 4) is 0 Å². The highest BCUT2D eigenvalue weighted by Crippen LogP contribution is 2.20. The highest BCUT2D eigenvalue weighted by molar-refractivity contribution is 6.31. The van der Waals surface area contributed by atoms with Gasteiger partial charge < -0.3 is 4.74 Å². The molecule has 0 aliphatic carbocycles. The van der Waals surface area contributed by atoms with Gasteiger partial charge in [0.05, 0.1) is 12.8 Å². The van der Waals surface area contributed by atoms with Crippen LogP contribution in [0.1, 0.15) is 21.7 Å². The van der Waals surface area contributed by atoms with Crippen LogP contribution in [-0.2, 0) is 11.2 Å². The van der Waals surface area contributed by atoms with E-state index >= 15 is 0 Å². The Morgan fingerprint density at radius 1 is 1.37 bits per heavy atom. The molecule has 0 radical (unpaired) electrons. The van der Waals surface area contributed by atoms with Gasteiger partial charge in [-0.1, -0.05) is 29.8 Å². The monoisotopic (exact) mass is 280 g/mol. The number of benzene rings is 1. The molecule has 0 fully saturated rings. The highest BCUT2D eigenvalue weighted by Gasteiger charge is 2.18. The van der Waals surface area contributed by atoms with Crippen molar-refractivity contribution in [1.29, 1.82) is 0 Å². The number of halogens is 2. The van der Waals surface area contributed by atoms with Crippen molar-refractivity contribution in [3.63, 3.8) is 0 Å². The first kappa shape index (κ1) is 13.4. The summed E-state index contributed by atoms with van der Waals surface area (Å²) < 4.78 is 18.5. The molecule has 0 atom stereocenters. The van der Waals surface area contributed by atoms with Gasteiger partial charge in [-0.05, 0) is 11.6 Å². The van der Waals surface area contributed by atoms with Gasteiger partial charge in [0.15, 0.2) is 11.5 Å². The van der Waals surface area contributed by atoms with Gasteiger partial charge in [0.2, 0.25) is 0 Å². The maximum atomic E-state index is 14.1. The van der Waals surface area contributed by atoms with E-state index in [0.717, 1.165) is 19.0 Å². The molecule has 4 nitrogen and oxygen atoms in total. The van der Waals surface area contributed by atoms with Crippen molar-refractivity contribution in [2.45, 2.75) is 6.42 Å². The molecule has 0 saturated carbocycles. The number of methoxy groups -OCH3 is 1. The predicted octanol–water partition coefficient (Wildman–Crippen LogP) is 2.65. The number of carbonyl (C=O) groups is 1. The van der Waals surface area contributed by atoms with Crippen LogP contribution in [0.4, 0.5) is 4.39 Å². The maximum absolute atomic E-state index is 14.1. The first-order valence-corrected chi connectivity index (χ1v) is 5.82. The Balaban J connectivity index is 2.37. The van der Waals surface area contributed by atoms with Crippen LogP contribution in [0.15, 0.2) is 30.6 Å². The zero-order valence-corrected chi connectivity index (χ0v) is 10.8. The number of carbonyl (C=O) groups excluding carboxylic acids is 1. The maximum Gasteiger partial charge on any atom is 0.359 e. The van der Waals surface area contributed by atoms with Crippen LogP contribution >= 0.6 is 11.6 Å². The smallest absolute Gasteiger partial charge is 0.359 e. The van der Waals surface area contributed by atoms with Crippen LogP contribution in [0.2, 0.25) is 5.02 Å². The van der Waals surface area contributed by atoms with E-state index in [1.165, 1.54) is 0 Å². The number of ether oxygens (including phenoxy) is 1. The molecular formula is C13H10ClFN2O2. The van der Waals surface area contributed by atoms with E-state index in [4.69, 9.17) is 11.6 Å². The number of esters is 1. The van der Waals surface area contributed by atoms with Crippen molar-refractivity contribution in [2.24, 2.45) is 0 Å². The lowest BCUT2D eigenvalue weighted by Crippen LogP contribution is -2.11. The summed E-state index contributed by atoms with van der Waals surface area (Å²) in [5.41, 5.74) is 0.445. The van der Waals surface area contributed by atoms with Crippen LogP contribution in [0, 0.1) is 5.82 Å². The summed E-state index contributed by atoms with van der Waals surface area (Å²) in [6.07, 6.45) is 1.31. The minimum Gasteiger partial charge on any atom is -0.464 e. The molecule has 1 aromatic heterocycles. The van der Waals surface area contributed by atoms with Gasteiger partial charge in [-0.25, -0.2) is 19.2 Å². The lowest BCUT2D eigenvalue weighted by atomic mass is 10.1. The second kappa shape index (κ2) is 5.75. The summed E-state index contributed by atoms with van der Waals surface area (Å²) in [6.45, 7) is 0. The fourth-order valence-electron chi connectivity index (χ4n) is 1.59. The largest absolute Gasteiger partial charge is 0.464 e. The Labute approximate surface area is 114 Å². The molecular weight excluding hydrogens is 271 g/mol. The zero-order chi connectivity index (χ0) is 13.8. The van der Waals surface area contributed by atoms with Gasteiger partial charge in [-0.3, -0.25) is 0 Å². The van der Waals surface area contributed by atoms with Crippen molar-refractivity contribution in [1.82, 2.24) is 9.97 Å². The summed E-state index contributed by atoms with van der Waals surface area (Å²) in [5.74, 6) is -1.62. The Morgan fingerprint density at radius 3 is 2.79 bits per heavy atom. The normalized spacial score (nSPS) is 10.3. The molecule has 0 unspecified atom stereocenters. The van der Waals surface area contributed by atoms with Crippen LogP contribution in [0.25, 0.3) is 0 Å². The number of hydrogen-bond donors (Lipinski definition) is 0. The molecule has 0 aliphatic rings. The average Bonchev–Trinajstić information content (AvgIpc) is 2.42. The molecule has 0 amide bonds. The first-order valence-electron chi connectivity index (χ1n) is 5.44. The minimum absolute atomic E-state index is 0.100. The number of aromatic nitrogens is 2. The van der Waals surface area contributed by atoms with Gasteiger partial charge in [0.1, 0.15) is 6.33 Å².